The van der Waals surface area contributed by atoms with Gasteiger partial charge in [-0.15, -0.1) is 0 Å². The normalized spacial score (nSPS) is 11.0. The summed E-state index contributed by atoms with van der Waals surface area (Å²) in [5, 5.41) is 0. The third-order valence-corrected chi connectivity index (χ3v) is 3.12. The number of benzene rings is 1. The Bertz CT molecular complexity index is 678. The molecular formula is C19H21NO3. The Balaban J connectivity index is 2.21. The van der Waals surface area contributed by atoms with Gasteiger partial charge in [0.1, 0.15) is 0 Å². The van der Waals surface area contributed by atoms with Gasteiger partial charge in [0.05, 0.1) is 12.5 Å². The molecule has 0 N–H and O–H groups in total. The average Bonchev–Trinajstić information content (AvgIpc) is 2.56. The number of nitrogens with zero attached hydrogens (tertiary/aromatic N) is 1. The third-order valence-electron chi connectivity index (χ3n) is 3.12. The number of ether oxygens (including phenoxy) is 2. The monoisotopic (exact) mass is 311 g/mol. The lowest BCUT2D eigenvalue weighted by Crippen LogP contribution is -2.15. The lowest BCUT2D eigenvalue weighted by atomic mass is 10.1. The van der Waals surface area contributed by atoms with Crippen LogP contribution in [-0.2, 0) is 4.79 Å². The fourth-order valence-electron chi connectivity index (χ4n) is 1.87. The van der Waals surface area contributed by atoms with Crippen molar-refractivity contribution in [2.24, 2.45) is 5.92 Å². The second-order valence-electron chi connectivity index (χ2n) is 5.33. The molecule has 0 unspecified atom stereocenters. The van der Waals surface area contributed by atoms with E-state index in [1.165, 1.54) is 0 Å². The van der Waals surface area contributed by atoms with Crippen LogP contribution < -0.4 is 9.47 Å². The standard InChI is InChI=1S/C19H21NO3/c1-4-22-18-13-16(6-5-15-9-11-20-12-10-15)7-8-17(18)23-19(21)14(2)3/h5-14H,4H2,1-3H3/b6-5+. The van der Waals surface area contributed by atoms with Crippen LogP contribution >= 0.6 is 0 Å². The molecule has 23 heavy (non-hydrogen) atoms. The van der Waals surface area contributed by atoms with Crippen molar-refractivity contribution in [3.63, 3.8) is 0 Å². The number of carbonyl (C=O) groups is 1. The van der Waals surface area contributed by atoms with Crippen molar-refractivity contribution in [1.82, 2.24) is 4.98 Å². The van der Waals surface area contributed by atoms with Crippen LogP contribution in [0.5, 0.6) is 11.5 Å². The molecule has 0 amide bonds. The summed E-state index contributed by atoms with van der Waals surface area (Å²) < 4.78 is 11.0. The van der Waals surface area contributed by atoms with Crippen LogP contribution in [0.1, 0.15) is 31.9 Å². The highest BCUT2D eigenvalue weighted by molar-refractivity contribution is 5.76. The Kier molecular flexibility index (Phi) is 5.92. The van der Waals surface area contributed by atoms with Gasteiger partial charge in [-0.05, 0) is 42.3 Å². The lowest BCUT2D eigenvalue weighted by Gasteiger charge is -2.12. The lowest BCUT2D eigenvalue weighted by molar-refractivity contribution is -0.137. The Labute approximate surface area is 136 Å². The highest BCUT2D eigenvalue weighted by atomic mass is 16.6. The van der Waals surface area contributed by atoms with E-state index in [0.29, 0.717) is 18.1 Å². The molecule has 0 saturated heterocycles. The van der Waals surface area contributed by atoms with Crippen LogP contribution in [0.15, 0.2) is 42.7 Å². The molecule has 0 atom stereocenters. The first kappa shape index (κ1) is 16.7. The smallest absolute Gasteiger partial charge is 0.313 e. The molecule has 4 nitrogen and oxygen atoms in total. The van der Waals surface area contributed by atoms with Gasteiger partial charge in [-0.3, -0.25) is 9.78 Å². The van der Waals surface area contributed by atoms with Crippen LogP contribution in [0, 0.1) is 5.92 Å². The van der Waals surface area contributed by atoms with Gasteiger partial charge < -0.3 is 9.47 Å². The summed E-state index contributed by atoms with van der Waals surface area (Å²) >= 11 is 0. The first-order chi connectivity index (χ1) is 11.1. The van der Waals surface area contributed by atoms with Gasteiger partial charge >= 0.3 is 5.97 Å². The molecule has 0 fully saturated rings. The van der Waals surface area contributed by atoms with Crippen molar-refractivity contribution in [1.29, 1.82) is 0 Å². The second-order valence-corrected chi connectivity index (χ2v) is 5.33. The predicted molar refractivity (Wildman–Crippen MR) is 91.2 cm³/mol. The summed E-state index contributed by atoms with van der Waals surface area (Å²) in [4.78, 5) is 15.8. The van der Waals surface area contributed by atoms with E-state index in [-0.39, 0.29) is 11.9 Å². The first-order valence-electron chi connectivity index (χ1n) is 7.66. The first-order valence-corrected chi connectivity index (χ1v) is 7.66. The molecule has 0 bridgehead atoms. The number of hydrogen-bond donors (Lipinski definition) is 0. The highest BCUT2D eigenvalue weighted by Gasteiger charge is 2.13. The van der Waals surface area contributed by atoms with E-state index in [2.05, 4.69) is 4.98 Å². The number of pyridine rings is 1. The molecule has 1 aromatic carbocycles. The maximum absolute atomic E-state index is 11.8. The molecule has 0 aliphatic carbocycles. The zero-order valence-electron chi connectivity index (χ0n) is 13.7. The van der Waals surface area contributed by atoms with Crippen molar-refractivity contribution in [2.45, 2.75) is 20.8 Å². The summed E-state index contributed by atoms with van der Waals surface area (Å²) in [6.45, 7) is 6.00. The molecule has 120 valence electrons. The van der Waals surface area contributed by atoms with Gasteiger partial charge in [0.2, 0.25) is 0 Å². The Morgan fingerprint density at radius 2 is 1.78 bits per heavy atom. The Morgan fingerprint density at radius 1 is 1.09 bits per heavy atom. The molecule has 1 heterocycles. The van der Waals surface area contributed by atoms with E-state index in [1.807, 2.05) is 43.3 Å². The summed E-state index contributed by atoms with van der Waals surface area (Å²) in [5.74, 6) is 0.562. The van der Waals surface area contributed by atoms with Gasteiger partial charge in [0, 0.05) is 12.4 Å². The molecule has 2 aromatic rings. The number of aromatic nitrogens is 1. The maximum Gasteiger partial charge on any atom is 0.313 e. The van der Waals surface area contributed by atoms with Gasteiger partial charge in [0.25, 0.3) is 0 Å². The van der Waals surface area contributed by atoms with Crippen LogP contribution in [0.4, 0.5) is 0 Å². The Hall–Kier alpha value is -2.62. The van der Waals surface area contributed by atoms with E-state index >= 15 is 0 Å². The van der Waals surface area contributed by atoms with Crippen molar-refractivity contribution in [3.8, 4) is 11.5 Å². The van der Waals surface area contributed by atoms with E-state index in [9.17, 15) is 4.79 Å². The molecule has 1 aromatic heterocycles. The quantitative estimate of drug-likeness (QED) is 0.592. The molecule has 2 rings (SSSR count). The van der Waals surface area contributed by atoms with Gasteiger partial charge in [-0.1, -0.05) is 32.1 Å². The van der Waals surface area contributed by atoms with Gasteiger partial charge in [-0.2, -0.15) is 0 Å². The largest absolute Gasteiger partial charge is 0.490 e. The zero-order chi connectivity index (χ0) is 16.7. The molecule has 0 spiro atoms. The Morgan fingerprint density at radius 3 is 2.43 bits per heavy atom. The second kappa shape index (κ2) is 8.13. The topological polar surface area (TPSA) is 48.4 Å². The number of carbonyl (C=O) groups excluding carboxylic acids is 1. The molecule has 0 saturated carbocycles. The number of esters is 1. The van der Waals surface area contributed by atoms with Gasteiger partial charge in [0.15, 0.2) is 11.5 Å². The number of hydrogen-bond acceptors (Lipinski definition) is 4. The molecule has 0 aliphatic rings. The van der Waals surface area contributed by atoms with E-state index in [1.54, 1.807) is 32.3 Å². The minimum atomic E-state index is -0.272. The van der Waals surface area contributed by atoms with Crippen LogP contribution in [-0.4, -0.2) is 17.6 Å². The fourth-order valence-corrected chi connectivity index (χ4v) is 1.87. The summed E-state index contributed by atoms with van der Waals surface area (Å²) in [6, 6.07) is 9.38. The predicted octanol–water partition coefficient (Wildman–Crippen LogP) is 4.21. The minimum absolute atomic E-state index is 0.185. The SMILES string of the molecule is CCOc1cc(/C=C/c2ccncc2)ccc1OC(=O)C(C)C. The molecule has 0 aliphatic heterocycles. The van der Waals surface area contributed by atoms with Crippen molar-refractivity contribution in [3.05, 3.63) is 53.9 Å². The molecule has 4 heteroatoms. The minimum Gasteiger partial charge on any atom is -0.490 e. The molecular weight excluding hydrogens is 290 g/mol. The van der Waals surface area contributed by atoms with Crippen molar-refractivity contribution in [2.75, 3.05) is 6.61 Å². The van der Waals surface area contributed by atoms with Crippen LogP contribution in [0.3, 0.4) is 0 Å². The highest BCUT2D eigenvalue weighted by Crippen LogP contribution is 2.30. The fraction of sp³-hybridized carbons (Fsp3) is 0.263. The van der Waals surface area contributed by atoms with Gasteiger partial charge in [-0.25, -0.2) is 0 Å². The van der Waals surface area contributed by atoms with Crippen LogP contribution in [0.2, 0.25) is 0 Å². The summed E-state index contributed by atoms with van der Waals surface area (Å²) in [6.07, 6.45) is 7.47. The van der Waals surface area contributed by atoms with Crippen molar-refractivity contribution < 1.29 is 14.3 Å². The van der Waals surface area contributed by atoms with Crippen molar-refractivity contribution >= 4 is 18.1 Å². The van der Waals surface area contributed by atoms with E-state index in [0.717, 1.165) is 11.1 Å². The van der Waals surface area contributed by atoms with E-state index in [4.69, 9.17) is 9.47 Å². The third kappa shape index (κ3) is 4.95. The van der Waals surface area contributed by atoms with E-state index < -0.39 is 0 Å². The average molecular weight is 311 g/mol. The summed E-state index contributed by atoms with van der Waals surface area (Å²) in [5.41, 5.74) is 2.03. The zero-order valence-corrected chi connectivity index (χ0v) is 13.7. The van der Waals surface area contributed by atoms with Crippen LogP contribution in [0.25, 0.3) is 12.2 Å². The number of rotatable bonds is 6. The summed E-state index contributed by atoms with van der Waals surface area (Å²) in [7, 11) is 0. The maximum atomic E-state index is 11.8. The molecule has 0 radical (unpaired) electrons.